The molecule has 0 aliphatic heterocycles. The number of carbonyl (C=O) groups is 1. The van der Waals surface area contributed by atoms with E-state index in [1.807, 2.05) is 48.5 Å². The Morgan fingerprint density at radius 2 is 1.86 bits per heavy atom. The first-order valence-electron chi connectivity index (χ1n) is 8.70. The van der Waals surface area contributed by atoms with Gasteiger partial charge < -0.3 is 9.47 Å². The summed E-state index contributed by atoms with van der Waals surface area (Å²) in [5.41, 5.74) is 4.50. The van der Waals surface area contributed by atoms with Crippen LogP contribution in [0, 0.1) is 0 Å². The summed E-state index contributed by atoms with van der Waals surface area (Å²) in [7, 11) is 1.51. The van der Waals surface area contributed by atoms with Crippen molar-refractivity contribution in [2.24, 2.45) is 5.10 Å². The van der Waals surface area contributed by atoms with E-state index in [1.165, 1.54) is 13.3 Å². The summed E-state index contributed by atoms with van der Waals surface area (Å²) < 4.78 is 11.9. The fourth-order valence-corrected chi connectivity index (χ4v) is 3.12. The van der Waals surface area contributed by atoms with Gasteiger partial charge in [-0.2, -0.15) is 5.10 Å². The largest absolute Gasteiger partial charge is 0.496 e. The number of hydrogen-bond acceptors (Lipinski definition) is 4. The van der Waals surface area contributed by atoms with Crippen LogP contribution in [0.3, 0.4) is 0 Å². The number of halogens is 2. The Kier molecular flexibility index (Phi) is 7.27. The van der Waals surface area contributed by atoms with Crippen LogP contribution in [0.4, 0.5) is 0 Å². The van der Waals surface area contributed by atoms with Crippen molar-refractivity contribution in [3.05, 3.63) is 92.9 Å². The van der Waals surface area contributed by atoms with Crippen molar-refractivity contribution in [2.75, 3.05) is 7.11 Å². The van der Waals surface area contributed by atoms with Crippen LogP contribution in [0.25, 0.3) is 0 Å². The van der Waals surface area contributed by atoms with Crippen LogP contribution in [0.2, 0.25) is 5.02 Å². The Balaban J connectivity index is 1.69. The van der Waals surface area contributed by atoms with Gasteiger partial charge in [-0.1, -0.05) is 57.9 Å². The number of hydrogen-bond donors (Lipinski definition) is 1. The second-order valence-electron chi connectivity index (χ2n) is 5.96. The highest BCUT2D eigenvalue weighted by molar-refractivity contribution is 9.10. The van der Waals surface area contributed by atoms with Gasteiger partial charge in [0, 0.05) is 20.6 Å². The molecule has 0 bridgehead atoms. The summed E-state index contributed by atoms with van der Waals surface area (Å²) in [5, 5.41) is 4.70. The molecule has 1 amide bonds. The molecule has 3 aromatic rings. The fourth-order valence-electron chi connectivity index (χ4n) is 2.57. The normalized spacial score (nSPS) is 10.7. The molecule has 0 saturated carbocycles. The second-order valence-corrected chi connectivity index (χ2v) is 7.28. The maximum Gasteiger partial charge on any atom is 0.275 e. The maximum atomic E-state index is 12.4. The number of nitrogens with zero attached hydrogens (tertiary/aromatic N) is 1. The predicted octanol–water partition coefficient (Wildman–Crippen LogP) is 5.45. The predicted molar refractivity (Wildman–Crippen MR) is 118 cm³/mol. The molecule has 0 aliphatic rings. The Morgan fingerprint density at radius 3 is 2.66 bits per heavy atom. The summed E-state index contributed by atoms with van der Waals surface area (Å²) in [4.78, 5) is 12.4. The minimum absolute atomic E-state index is 0.326. The number of methoxy groups -OCH3 is 1. The average Bonchev–Trinajstić information content (AvgIpc) is 2.74. The van der Waals surface area contributed by atoms with Crippen molar-refractivity contribution in [3.63, 3.8) is 0 Å². The van der Waals surface area contributed by atoms with E-state index < -0.39 is 0 Å². The van der Waals surface area contributed by atoms with E-state index in [4.69, 9.17) is 21.1 Å². The molecule has 0 saturated heterocycles. The Morgan fingerprint density at radius 1 is 1.10 bits per heavy atom. The molecule has 0 aliphatic carbocycles. The number of hydrazone groups is 1. The number of amides is 1. The zero-order valence-corrected chi connectivity index (χ0v) is 17.9. The van der Waals surface area contributed by atoms with Gasteiger partial charge in [0.25, 0.3) is 5.91 Å². The third kappa shape index (κ3) is 5.59. The highest BCUT2D eigenvalue weighted by atomic mass is 79.9. The minimum Gasteiger partial charge on any atom is -0.496 e. The first-order valence-corrected chi connectivity index (χ1v) is 9.87. The molecule has 3 rings (SSSR count). The summed E-state index contributed by atoms with van der Waals surface area (Å²) in [5.74, 6) is 0.712. The van der Waals surface area contributed by atoms with Gasteiger partial charge in [0.1, 0.15) is 18.1 Å². The molecule has 0 fully saturated rings. The monoisotopic (exact) mass is 472 g/mol. The van der Waals surface area contributed by atoms with Crippen LogP contribution in [0.15, 0.2) is 76.3 Å². The Hall–Kier alpha value is -2.83. The fraction of sp³-hybridized carbons (Fsp3) is 0.0909. The smallest absolute Gasteiger partial charge is 0.275 e. The average molecular weight is 474 g/mol. The van der Waals surface area contributed by atoms with Crippen molar-refractivity contribution in [2.45, 2.75) is 6.61 Å². The summed E-state index contributed by atoms with van der Waals surface area (Å²) in [6.45, 7) is 0.326. The summed E-state index contributed by atoms with van der Waals surface area (Å²) in [6, 6.07) is 20.1. The maximum absolute atomic E-state index is 12.4. The van der Waals surface area contributed by atoms with Crippen molar-refractivity contribution < 1.29 is 14.3 Å². The number of benzene rings is 3. The van der Waals surface area contributed by atoms with Crippen LogP contribution >= 0.6 is 27.5 Å². The van der Waals surface area contributed by atoms with Gasteiger partial charge >= 0.3 is 0 Å². The molecular formula is C22H18BrClN2O3. The number of para-hydroxylation sites is 1. The third-order valence-corrected chi connectivity index (χ3v) is 4.90. The van der Waals surface area contributed by atoms with E-state index in [1.54, 1.807) is 18.2 Å². The molecule has 0 atom stereocenters. The molecule has 7 heteroatoms. The molecule has 0 aromatic heterocycles. The molecule has 0 radical (unpaired) electrons. The lowest BCUT2D eigenvalue weighted by molar-refractivity contribution is 0.0952. The van der Waals surface area contributed by atoms with Gasteiger partial charge in [0.05, 0.1) is 18.9 Å². The van der Waals surface area contributed by atoms with E-state index in [9.17, 15) is 4.79 Å². The van der Waals surface area contributed by atoms with Crippen LogP contribution in [0.1, 0.15) is 21.5 Å². The van der Waals surface area contributed by atoms with E-state index >= 15 is 0 Å². The molecule has 0 heterocycles. The lowest BCUT2D eigenvalue weighted by Crippen LogP contribution is -2.18. The van der Waals surface area contributed by atoms with E-state index in [0.717, 1.165) is 15.6 Å². The third-order valence-electron chi connectivity index (χ3n) is 4.04. The number of nitrogens with one attached hydrogen (secondary N) is 1. The highest BCUT2D eigenvalue weighted by Crippen LogP contribution is 2.23. The molecule has 1 N–H and O–H groups in total. The Bertz CT molecular complexity index is 1040. The van der Waals surface area contributed by atoms with Gasteiger partial charge in [-0.15, -0.1) is 0 Å². The van der Waals surface area contributed by atoms with Crippen molar-refractivity contribution in [1.82, 2.24) is 5.43 Å². The zero-order valence-electron chi connectivity index (χ0n) is 15.6. The van der Waals surface area contributed by atoms with Gasteiger partial charge in [-0.05, 0) is 36.4 Å². The molecular weight excluding hydrogens is 456 g/mol. The lowest BCUT2D eigenvalue weighted by Gasteiger charge is -2.10. The molecule has 0 spiro atoms. The van der Waals surface area contributed by atoms with Crippen LogP contribution in [-0.4, -0.2) is 19.2 Å². The zero-order chi connectivity index (χ0) is 20.6. The highest BCUT2D eigenvalue weighted by Gasteiger charge is 2.12. The molecule has 3 aromatic carbocycles. The lowest BCUT2D eigenvalue weighted by atomic mass is 10.2. The number of rotatable bonds is 7. The van der Waals surface area contributed by atoms with E-state index in [-0.39, 0.29) is 5.91 Å². The molecule has 29 heavy (non-hydrogen) atoms. The number of carbonyl (C=O) groups excluding carboxylic acids is 1. The van der Waals surface area contributed by atoms with Crippen molar-refractivity contribution >= 4 is 39.7 Å². The van der Waals surface area contributed by atoms with Crippen molar-refractivity contribution in [1.29, 1.82) is 0 Å². The van der Waals surface area contributed by atoms with E-state index in [2.05, 4.69) is 26.5 Å². The van der Waals surface area contributed by atoms with Crippen LogP contribution < -0.4 is 14.9 Å². The first-order chi connectivity index (χ1) is 14.1. The van der Waals surface area contributed by atoms with Gasteiger partial charge in [-0.3, -0.25) is 4.79 Å². The standard InChI is InChI=1S/C22H18BrClN2O3/c1-28-21-11-10-17(23)12-18(21)22(27)26-25-13-15-6-3-5-9-20(15)29-14-16-7-2-4-8-19(16)24/h2-13H,14H2,1H3,(H,26,27)/b25-13-. The molecule has 5 nitrogen and oxygen atoms in total. The van der Waals surface area contributed by atoms with Crippen LogP contribution in [-0.2, 0) is 6.61 Å². The van der Waals surface area contributed by atoms with Gasteiger partial charge in [0.15, 0.2) is 0 Å². The Labute approximate surface area is 182 Å². The van der Waals surface area contributed by atoms with Crippen molar-refractivity contribution in [3.8, 4) is 11.5 Å². The molecule has 0 unspecified atom stereocenters. The van der Waals surface area contributed by atoms with Gasteiger partial charge in [0.2, 0.25) is 0 Å². The topological polar surface area (TPSA) is 59.9 Å². The second kappa shape index (κ2) is 10.1. The summed E-state index contributed by atoms with van der Waals surface area (Å²) in [6.07, 6.45) is 1.53. The minimum atomic E-state index is -0.381. The quantitative estimate of drug-likeness (QED) is 0.366. The number of ether oxygens (including phenoxy) is 2. The van der Waals surface area contributed by atoms with E-state index in [0.29, 0.717) is 28.7 Å². The summed E-state index contributed by atoms with van der Waals surface area (Å²) >= 11 is 9.53. The first kappa shape index (κ1) is 20.9. The van der Waals surface area contributed by atoms with Gasteiger partial charge in [-0.25, -0.2) is 5.43 Å². The molecule has 148 valence electrons. The SMILES string of the molecule is COc1ccc(Br)cc1C(=O)N/N=C\c1ccccc1OCc1ccccc1Cl. The van der Waals surface area contributed by atoms with Crippen LogP contribution in [0.5, 0.6) is 11.5 Å².